The van der Waals surface area contributed by atoms with Crippen LogP contribution in [0.1, 0.15) is 57.4 Å². The Morgan fingerprint density at radius 3 is 2.60 bits per heavy atom. The lowest BCUT2D eigenvalue weighted by molar-refractivity contribution is -0.136. The summed E-state index contributed by atoms with van der Waals surface area (Å²) in [5, 5.41) is 19.2. The molecule has 3 aliphatic rings. The topological polar surface area (TPSA) is 170 Å². The third-order valence-corrected chi connectivity index (χ3v) is 10.4. The zero-order valence-electron chi connectivity index (χ0n) is 28.2. The zero-order chi connectivity index (χ0) is 36.2. The summed E-state index contributed by atoms with van der Waals surface area (Å²) in [5.74, 6) is -3.98. The summed E-state index contributed by atoms with van der Waals surface area (Å²) >= 11 is 1.44. The Balaban J connectivity index is 0.840. The summed E-state index contributed by atoms with van der Waals surface area (Å²) in [7, 11) is 0. The quantitative estimate of drug-likeness (QED) is 0.128. The monoisotopic (exact) mass is 736 g/mol. The van der Waals surface area contributed by atoms with E-state index in [4.69, 9.17) is 14.5 Å². The number of rotatable bonds is 14. The zero-order valence-corrected chi connectivity index (χ0v) is 29.1. The molecule has 3 amide bonds. The van der Waals surface area contributed by atoms with Crippen molar-refractivity contribution in [1.29, 1.82) is 0 Å². The van der Waals surface area contributed by atoms with Crippen LogP contribution in [0.2, 0.25) is 0 Å². The maximum atomic E-state index is 14.9. The summed E-state index contributed by atoms with van der Waals surface area (Å²) in [6.07, 6.45) is 5.61. The van der Waals surface area contributed by atoms with Gasteiger partial charge in [-0.15, -0.1) is 16.4 Å². The molecular weight excluding hydrogens is 698 g/mol. The van der Waals surface area contributed by atoms with Gasteiger partial charge in [0, 0.05) is 36.1 Å². The molecule has 2 bridgehead atoms. The number of ether oxygens (including phenoxy) is 2. The van der Waals surface area contributed by atoms with Gasteiger partial charge in [0.15, 0.2) is 23.3 Å². The Labute approximate surface area is 300 Å². The van der Waals surface area contributed by atoms with E-state index in [0.29, 0.717) is 49.3 Å². The fraction of sp³-hybridized carbons (Fsp3) is 0.457. The van der Waals surface area contributed by atoms with Crippen LogP contribution in [0.3, 0.4) is 0 Å². The van der Waals surface area contributed by atoms with Gasteiger partial charge in [0.2, 0.25) is 11.7 Å². The Kier molecular flexibility index (Phi) is 10.7. The maximum Gasteiger partial charge on any atom is 0.278 e. The molecule has 3 fully saturated rings. The molecule has 3 N–H and O–H groups in total. The SMILES string of the molecule is O=C(COc1c(-c2csc(N3C4CCC3COC4)n2)ccc(F)c1F)NCCCCCCNc1ccc2nnn(C3CCC(=O)NC3=O)c(=O)c2c1. The minimum absolute atomic E-state index is 0.121. The number of fused-ring (bicyclic) bond motifs is 3. The molecule has 0 saturated carbocycles. The second-order valence-electron chi connectivity index (χ2n) is 13.1. The van der Waals surface area contributed by atoms with Crippen molar-refractivity contribution in [1.82, 2.24) is 30.6 Å². The minimum Gasteiger partial charge on any atom is -0.480 e. The van der Waals surface area contributed by atoms with Crippen molar-refractivity contribution >= 4 is 50.8 Å². The number of carbonyl (C=O) groups excluding carboxylic acids is 3. The lowest BCUT2D eigenvalue weighted by atomic mass is 10.1. The van der Waals surface area contributed by atoms with Crippen molar-refractivity contribution in [3.63, 3.8) is 0 Å². The molecule has 2 aromatic carbocycles. The van der Waals surface area contributed by atoms with Gasteiger partial charge in [0.25, 0.3) is 17.4 Å². The van der Waals surface area contributed by atoms with Crippen molar-refractivity contribution in [2.24, 2.45) is 0 Å². The molecular formula is C35H38F2N8O6S. The van der Waals surface area contributed by atoms with Crippen LogP contribution in [0, 0.1) is 11.6 Å². The Bertz CT molecular complexity index is 2030. The van der Waals surface area contributed by atoms with E-state index in [2.05, 4.69) is 31.2 Å². The average Bonchev–Trinajstić information content (AvgIpc) is 3.71. The number of anilines is 2. The van der Waals surface area contributed by atoms with Crippen LogP contribution >= 0.6 is 11.3 Å². The first-order valence-electron chi connectivity index (χ1n) is 17.4. The van der Waals surface area contributed by atoms with Crippen molar-refractivity contribution in [3.05, 3.63) is 57.7 Å². The highest BCUT2D eigenvalue weighted by Crippen LogP contribution is 2.40. The second-order valence-corrected chi connectivity index (χ2v) is 13.9. The highest BCUT2D eigenvalue weighted by Gasteiger charge is 2.39. The lowest BCUT2D eigenvalue weighted by Crippen LogP contribution is -2.45. The van der Waals surface area contributed by atoms with E-state index in [1.54, 1.807) is 23.6 Å². The Morgan fingerprint density at radius 2 is 1.81 bits per heavy atom. The minimum atomic E-state index is -1.17. The molecule has 7 rings (SSSR count). The molecule has 3 atom stereocenters. The van der Waals surface area contributed by atoms with Crippen molar-refractivity contribution < 1.29 is 32.6 Å². The van der Waals surface area contributed by atoms with E-state index >= 15 is 0 Å². The molecule has 14 nitrogen and oxygen atoms in total. The number of piperidine rings is 1. The van der Waals surface area contributed by atoms with Crippen LogP contribution in [0.15, 0.2) is 40.5 Å². The summed E-state index contributed by atoms with van der Waals surface area (Å²) in [4.78, 5) is 56.4. The molecule has 0 spiro atoms. The molecule has 274 valence electrons. The smallest absolute Gasteiger partial charge is 0.278 e. The highest BCUT2D eigenvalue weighted by atomic mass is 32.1. The van der Waals surface area contributed by atoms with Gasteiger partial charge in [-0.05, 0) is 62.4 Å². The number of hydrogen-bond acceptors (Lipinski definition) is 12. The average molecular weight is 737 g/mol. The van der Waals surface area contributed by atoms with E-state index in [9.17, 15) is 28.0 Å². The highest BCUT2D eigenvalue weighted by molar-refractivity contribution is 7.14. The third-order valence-electron chi connectivity index (χ3n) is 9.57. The van der Waals surface area contributed by atoms with Crippen LogP contribution in [-0.4, -0.2) is 82.7 Å². The van der Waals surface area contributed by atoms with Crippen LogP contribution in [0.4, 0.5) is 19.6 Å². The van der Waals surface area contributed by atoms with Crippen LogP contribution < -0.4 is 31.1 Å². The van der Waals surface area contributed by atoms with Crippen LogP contribution in [0.25, 0.3) is 22.2 Å². The van der Waals surface area contributed by atoms with Gasteiger partial charge in [-0.2, -0.15) is 9.07 Å². The first-order valence-corrected chi connectivity index (χ1v) is 18.3. The number of benzene rings is 2. The number of unbranched alkanes of at least 4 members (excludes halogenated alkanes) is 3. The van der Waals surface area contributed by atoms with Gasteiger partial charge < -0.3 is 25.0 Å². The molecule has 3 saturated heterocycles. The summed E-state index contributed by atoms with van der Waals surface area (Å²) in [6, 6.07) is 7.22. The fourth-order valence-corrected chi connectivity index (χ4v) is 7.83. The summed E-state index contributed by atoms with van der Waals surface area (Å²) < 4.78 is 41.4. The summed E-state index contributed by atoms with van der Waals surface area (Å²) in [6.45, 7) is 1.85. The molecule has 52 heavy (non-hydrogen) atoms. The van der Waals surface area contributed by atoms with Crippen LogP contribution in [-0.2, 0) is 19.1 Å². The number of nitrogens with zero attached hydrogens (tertiary/aromatic N) is 5. The first-order chi connectivity index (χ1) is 25.3. The first kappa shape index (κ1) is 35.4. The predicted octanol–water partition coefficient (Wildman–Crippen LogP) is 3.71. The number of halogens is 2. The van der Waals surface area contributed by atoms with Crippen LogP contribution in [0.5, 0.6) is 5.75 Å². The van der Waals surface area contributed by atoms with E-state index in [1.165, 1.54) is 17.4 Å². The number of imide groups is 1. The number of nitrogens with one attached hydrogen (secondary N) is 3. The fourth-order valence-electron chi connectivity index (χ4n) is 6.86. The summed E-state index contributed by atoms with van der Waals surface area (Å²) in [5.41, 5.74) is 1.40. The van der Waals surface area contributed by atoms with Gasteiger partial charge in [-0.25, -0.2) is 9.37 Å². The number of thiazole rings is 1. The molecule has 4 aromatic rings. The molecule has 3 aliphatic heterocycles. The third kappa shape index (κ3) is 7.60. The molecule has 2 aromatic heterocycles. The molecule has 5 heterocycles. The Hall–Kier alpha value is -5.03. The van der Waals surface area contributed by atoms with Gasteiger partial charge >= 0.3 is 0 Å². The Morgan fingerprint density at radius 1 is 1.02 bits per heavy atom. The van der Waals surface area contributed by atoms with E-state index in [-0.39, 0.29) is 42.1 Å². The number of hydrogen-bond donors (Lipinski definition) is 3. The molecule has 3 unspecified atom stereocenters. The molecule has 0 aliphatic carbocycles. The number of carbonyl (C=O) groups is 3. The lowest BCUT2D eigenvalue weighted by Gasteiger charge is -2.34. The number of amides is 3. The standard InChI is InChI=1S/C35H38F2N8O6S/c36-25-9-8-23(27-19-52-35(40-27)44-21-6-7-22(44)17-50-16-21)32(31(25)37)51-18-30(47)39-14-4-2-1-3-13-38-20-5-10-26-24(15-20)34(49)45(43-42-26)28-11-12-29(46)41-33(28)48/h5,8-10,15,19,21-22,28,38H,1-4,6-7,11-14,16-18H2,(H,39,47)(H,41,46,48). The molecule has 0 radical (unpaired) electrons. The second kappa shape index (κ2) is 15.7. The molecule has 17 heteroatoms. The maximum absolute atomic E-state index is 14.9. The van der Waals surface area contributed by atoms with Gasteiger partial charge in [0.1, 0.15) is 11.6 Å². The van der Waals surface area contributed by atoms with E-state index in [0.717, 1.165) is 53.7 Å². The largest absolute Gasteiger partial charge is 0.480 e. The van der Waals surface area contributed by atoms with Gasteiger partial charge in [-0.1, -0.05) is 18.1 Å². The van der Waals surface area contributed by atoms with Crippen molar-refractivity contribution in [2.45, 2.75) is 69.5 Å². The van der Waals surface area contributed by atoms with E-state index in [1.807, 2.05) is 0 Å². The predicted molar refractivity (Wildman–Crippen MR) is 188 cm³/mol. The van der Waals surface area contributed by atoms with Crippen molar-refractivity contribution in [3.8, 4) is 17.0 Å². The van der Waals surface area contributed by atoms with E-state index < -0.39 is 41.7 Å². The van der Waals surface area contributed by atoms with Crippen molar-refractivity contribution in [2.75, 3.05) is 43.1 Å². The van der Waals surface area contributed by atoms with Gasteiger partial charge in [0.05, 0.1) is 36.4 Å². The number of aromatic nitrogens is 4. The van der Waals surface area contributed by atoms with Gasteiger partial charge in [-0.3, -0.25) is 24.5 Å². The number of morpholine rings is 1. The normalized spacial score (nSPS) is 19.9.